The van der Waals surface area contributed by atoms with E-state index in [1.165, 1.54) is 11.0 Å². The van der Waals surface area contributed by atoms with Crippen molar-refractivity contribution in [2.24, 2.45) is 11.3 Å². The van der Waals surface area contributed by atoms with E-state index in [4.69, 9.17) is 14.2 Å². The Kier molecular flexibility index (Phi) is 9.87. The number of pyridine rings is 1. The number of aromatic nitrogens is 1. The Morgan fingerprint density at radius 1 is 1.10 bits per heavy atom. The Hall–Kier alpha value is -4.40. The molecule has 4 amide bonds. The summed E-state index contributed by atoms with van der Waals surface area (Å²) in [7, 11) is -2.33. The number of ether oxygens (including phenoxy) is 3. The van der Waals surface area contributed by atoms with E-state index in [2.05, 4.69) is 26.9 Å². The topological polar surface area (TPSA) is 182 Å². The van der Waals surface area contributed by atoms with Crippen LogP contribution >= 0.6 is 0 Å². The van der Waals surface area contributed by atoms with E-state index in [0.717, 1.165) is 5.39 Å². The van der Waals surface area contributed by atoms with Gasteiger partial charge in [0.15, 0.2) is 0 Å². The van der Waals surface area contributed by atoms with E-state index in [9.17, 15) is 27.6 Å². The maximum atomic E-state index is 14.4. The van der Waals surface area contributed by atoms with Crippen molar-refractivity contribution in [2.45, 2.75) is 102 Å². The molecule has 0 radical (unpaired) electrons. The molecule has 5 rings (SSSR count). The molecule has 2 aromatic rings. The van der Waals surface area contributed by atoms with Crippen molar-refractivity contribution in [2.75, 3.05) is 13.7 Å². The molecule has 1 aliphatic heterocycles. The van der Waals surface area contributed by atoms with Crippen molar-refractivity contribution < 1.29 is 41.8 Å². The molecule has 1 unspecified atom stereocenters. The van der Waals surface area contributed by atoms with Gasteiger partial charge in [0.1, 0.15) is 35.1 Å². The molecule has 5 atom stereocenters. The zero-order valence-corrected chi connectivity index (χ0v) is 30.4. The predicted molar refractivity (Wildman–Crippen MR) is 185 cm³/mol. The van der Waals surface area contributed by atoms with Gasteiger partial charge in [-0.1, -0.05) is 26.8 Å². The van der Waals surface area contributed by atoms with Crippen LogP contribution in [0.1, 0.15) is 67.2 Å². The molecule has 50 heavy (non-hydrogen) atoms. The number of alkyl carbamates (subject to hydrolysis) is 1. The van der Waals surface area contributed by atoms with E-state index in [0.29, 0.717) is 24.0 Å². The third-order valence-electron chi connectivity index (χ3n) is 9.08. The quantitative estimate of drug-likeness (QED) is 0.293. The highest BCUT2D eigenvalue weighted by Gasteiger charge is 2.62. The fraction of sp³-hybridized carbons (Fsp3) is 0.571. The van der Waals surface area contributed by atoms with Crippen LogP contribution < -0.4 is 24.8 Å². The summed E-state index contributed by atoms with van der Waals surface area (Å²) in [6.45, 7) is 14.2. The van der Waals surface area contributed by atoms with E-state index in [-0.39, 0.29) is 25.3 Å². The molecule has 0 spiro atoms. The van der Waals surface area contributed by atoms with Crippen LogP contribution in [0.4, 0.5) is 4.79 Å². The van der Waals surface area contributed by atoms with Crippen LogP contribution in [-0.4, -0.2) is 90.3 Å². The van der Waals surface area contributed by atoms with Gasteiger partial charge in [0, 0.05) is 23.9 Å². The number of rotatable bonds is 11. The molecule has 1 saturated heterocycles. The number of carbonyl (C=O) groups is 4. The van der Waals surface area contributed by atoms with Crippen molar-refractivity contribution in [1.29, 1.82) is 0 Å². The molecule has 2 aliphatic carbocycles. The summed E-state index contributed by atoms with van der Waals surface area (Å²) in [6.07, 6.45) is 2.64. The van der Waals surface area contributed by atoms with Crippen LogP contribution in [0.25, 0.3) is 10.8 Å². The summed E-state index contributed by atoms with van der Waals surface area (Å²) in [5.74, 6) is -1.66. The molecule has 1 aromatic heterocycles. The number of amides is 4. The van der Waals surface area contributed by atoms with Gasteiger partial charge in [0.25, 0.3) is 5.91 Å². The van der Waals surface area contributed by atoms with Crippen molar-refractivity contribution in [3.8, 4) is 11.6 Å². The van der Waals surface area contributed by atoms with Crippen LogP contribution in [0.15, 0.2) is 43.1 Å². The molecule has 1 aromatic carbocycles. The van der Waals surface area contributed by atoms with Gasteiger partial charge in [-0.3, -0.25) is 19.1 Å². The predicted octanol–water partition coefficient (Wildman–Crippen LogP) is 3.20. The fourth-order valence-electron chi connectivity index (χ4n) is 6.14. The van der Waals surface area contributed by atoms with Crippen molar-refractivity contribution in [3.05, 3.63) is 43.1 Å². The van der Waals surface area contributed by atoms with Gasteiger partial charge in [-0.25, -0.2) is 18.2 Å². The minimum Gasteiger partial charge on any atom is -0.497 e. The second-order valence-corrected chi connectivity index (χ2v) is 17.3. The lowest BCUT2D eigenvalue weighted by atomic mass is 9.85. The summed E-state index contributed by atoms with van der Waals surface area (Å²) >= 11 is 0. The van der Waals surface area contributed by atoms with Gasteiger partial charge in [0.2, 0.25) is 27.7 Å². The van der Waals surface area contributed by atoms with Gasteiger partial charge in [-0.2, -0.15) is 0 Å². The monoisotopic (exact) mass is 713 g/mol. The average Bonchev–Trinajstić information content (AvgIpc) is 3.95. The number of fused-ring (bicyclic) bond motifs is 1. The normalized spacial score (nSPS) is 24.1. The van der Waals surface area contributed by atoms with Crippen LogP contribution in [0.3, 0.4) is 0 Å². The van der Waals surface area contributed by atoms with E-state index in [1.807, 2.05) is 6.07 Å². The Morgan fingerprint density at radius 3 is 2.38 bits per heavy atom. The Labute approximate surface area is 292 Å². The Balaban J connectivity index is 1.44. The standard InChI is InChI=1S/C35H47N5O9S/c1-9-21-18-35(21,31(43)39-50(45,46)24-11-12-24)38-28(41)26-17-23(48-29-25-13-10-22(47-8)16-20(25)14-15-36-29)19-40(26)30(42)27(33(2,3)4)37-32(44)49-34(5,6)7/h9-10,13-16,21,23-24,26-27H,1,11-12,17-19H2,2-8H3,(H,37,44)(H,38,41)(H,39,43)/t21-,23?,26+,27-,35-/m1/s1. The van der Waals surface area contributed by atoms with Crippen LogP contribution in [-0.2, 0) is 29.1 Å². The van der Waals surface area contributed by atoms with Gasteiger partial charge < -0.3 is 29.7 Å². The first kappa shape index (κ1) is 36.9. The highest BCUT2D eigenvalue weighted by Crippen LogP contribution is 2.45. The first-order valence-electron chi connectivity index (χ1n) is 16.7. The SMILES string of the molecule is C=C[C@@H]1C[C@]1(NC(=O)[C@@H]1CC(Oc2nccc3cc(OC)ccc23)CN1C(=O)[C@@H](NC(=O)OC(C)(C)C)C(C)(C)C)C(=O)NS(=O)(=O)C1CC1. The molecular formula is C35H47N5O9S. The number of nitrogens with one attached hydrogen (secondary N) is 3. The van der Waals surface area contributed by atoms with Crippen molar-refractivity contribution in [3.63, 3.8) is 0 Å². The largest absolute Gasteiger partial charge is 0.497 e. The molecule has 0 bridgehead atoms. The maximum Gasteiger partial charge on any atom is 0.408 e. The summed E-state index contributed by atoms with van der Waals surface area (Å²) in [5.41, 5.74) is -3.19. The third kappa shape index (κ3) is 7.98. The number of methoxy groups -OCH3 is 1. The fourth-order valence-corrected chi connectivity index (χ4v) is 7.50. The van der Waals surface area contributed by atoms with Gasteiger partial charge >= 0.3 is 6.09 Å². The zero-order valence-electron chi connectivity index (χ0n) is 29.6. The highest BCUT2D eigenvalue weighted by atomic mass is 32.2. The molecule has 15 heteroatoms. The molecule has 2 saturated carbocycles. The molecule has 14 nitrogen and oxygen atoms in total. The van der Waals surface area contributed by atoms with Crippen molar-refractivity contribution >= 4 is 44.6 Å². The third-order valence-corrected chi connectivity index (χ3v) is 10.9. The maximum absolute atomic E-state index is 14.4. The molecule has 3 N–H and O–H groups in total. The van der Waals surface area contributed by atoms with Crippen molar-refractivity contribution in [1.82, 2.24) is 25.2 Å². The van der Waals surface area contributed by atoms with Crippen LogP contribution in [0.5, 0.6) is 11.6 Å². The average molecular weight is 714 g/mol. The number of benzene rings is 1. The highest BCUT2D eigenvalue weighted by molar-refractivity contribution is 7.91. The second kappa shape index (κ2) is 13.4. The van der Waals surface area contributed by atoms with Gasteiger partial charge in [-0.15, -0.1) is 6.58 Å². The van der Waals surface area contributed by atoms with E-state index >= 15 is 0 Å². The number of nitrogens with zero attached hydrogens (tertiary/aromatic N) is 2. The minimum atomic E-state index is -3.89. The number of sulfonamides is 1. The summed E-state index contributed by atoms with van der Waals surface area (Å²) in [4.78, 5) is 60.7. The lowest BCUT2D eigenvalue weighted by Crippen LogP contribution is -2.60. The molecular weight excluding hydrogens is 666 g/mol. The zero-order chi connectivity index (χ0) is 36.8. The summed E-state index contributed by atoms with van der Waals surface area (Å²) in [6, 6.07) is 4.95. The second-order valence-electron chi connectivity index (χ2n) is 15.3. The van der Waals surface area contributed by atoms with Gasteiger partial charge in [0.05, 0.1) is 18.9 Å². The van der Waals surface area contributed by atoms with E-state index < -0.39 is 79.7 Å². The molecule has 2 heterocycles. The Bertz CT molecular complexity index is 1800. The molecule has 272 valence electrons. The number of hydrogen-bond donors (Lipinski definition) is 3. The Morgan fingerprint density at radius 2 is 1.80 bits per heavy atom. The minimum absolute atomic E-state index is 0.0198. The lowest BCUT2D eigenvalue weighted by Gasteiger charge is -2.36. The molecule has 3 fully saturated rings. The van der Waals surface area contributed by atoms with Crippen LogP contribution in [0, 0.1) is 11.3 Å². The summed E-state index contributed by atoms with van der Waals surface area (Å²) < 4.78 is 44.6. The first-order valence-corrected chi connectivity index (χ1v) is 18.2. The lowest BCUT2D eigenvalue weighted by molar-refractivity contribution is -0.143. The summed E-state index contributed by atoms with van der Waals surface area (Å²) in [5, 5.41) is 6.33. The smallest absolute Gasteiger partial charge is 0.408 e. The van der Waals surface area contributed by atoms with Crippen LogP contribution in [0.2, 0.25) is 0 Å². The van der Waals surface area contributed by atoms with E-state index in [1.54, 1.807) is 73.0 Å². The molecule has 3 aliphatic rings. The number of carbonyl (C=O) groups excluding carboxylic acids is 4. The number of likely N-dealkylation sites (tertiary alicyclic amines) is 1. The first-order chi connectivity index (χ1) is 23.3. The van der Waals surface area contributed by atoms with Gasteiger partial charge in [-0.05, 0) is 75.1 Å². The number of hydrogen-bond acceptors (Lipinski definition) is 10.